The average molecular weight is 284 g/mol. The van der Waals surface area contributed by atoms with Gasteiger partial charge in [-0.1, -0.05) is 22.0 Å². The van der Waals surface area contributed by atoms with Crippen LogP contribution in [-0.2, 0) is 4.79 Å². The molecule has 0 bridgehead atoms. The van der Waals surface area contributed by atoms with Gasteiger partial charge in [0, 0.05) is 6.54 Å². The summed E-state index contributed by atoms with van der Waals surface area (Å²) >= 11 is 3.37. The first kappa shape index (κ1) is 11.5. The van der Waals surface area contributed by atoms with Crippen LogP contribution >= 0.6 is 15.9 Å². The predicted octanol–water partition coefficient (Wildman–Crippen LogP) is 2.50. The summed E-state index contributed by atoms with van der Waals surface area (Å²) in [5, 5.41) is 0. The second kappa shape index (κ2) is 4.45. The lowest BCUT2D eigenvalue weighted by Gasteiger charge is -2.19. The summed E-state index contributed by atoms with van der Waals surface area (Å²) in [7, 11) is 1.63. The number of hydrogen-bond donors (Lipinski definition) is 0. The Kier molecular flexibility index (Phi) is 3.19. The normalized spacial score (nSPS) is 20.3. The molecule has 1 aliphatic heterocycles. The summed E-state index contributed by atoms with van der Waals surface area (Å²) in [5.41, 5.74) is 2.00. The number of carbonyl (C=O) groups is 1. The first-order chi connectivity index (χ1) is 7.63. The molecule has 1 heterocycles. The number of aryl methyl sites for hydroxylation is 1. The Labute approximate surface area is 104 Å². The number of ether oxygens (including phenoxy) is 1. The Morgan fingerprint density at radius 2 is 2.25 bits per heavy atom. The summed E-state index contributed by atoms with van der Waals surface area (Å²) < 4.78 is 5.29. The number of anilines is 1. The second-order valence-corrected chi connectivity index (χ2v) is 5.03. The maximum atomic E-state index is 11.9. The van der Waals surface area contributed by atoms with Crippen molar-refractivity contribution in [2.24, 2.45) is 0 Å². The third-order valence-electron chi connectivity index (χ3n) is 2.77. The molecule has 0 aliphatic carbocycles. The Bertz CT molecular complexity index is 419. The molecule has 0 aromatic heterocycles. The molecule has 0 saturated carbocycles. The highest BCUT2D eigenvalue weighted by Crippen LogP contribution is 2.33. The van der Waals surface area contributed by atoms with Crippen LogP contribution < -0.4 is 9.64 Å². The van der Waals surface area contributed by atoms with Crippen LogP contribution in [0.3, 0.4) is 0 Å². The van der Waals surface area contributed by atoms with Gasteiger partial charge in [0.15, 0.2) is 0 Å². The van der Waals surface area contributed by atoms with Crippen molar-refractivity contribution < 1.29 is 9.53 Å². The molecule has 1 fully saturated rings. The molecular weight excluding hydrogens is 270 g/mol. The van der Waals surface area contributed by atoms with Crippen molar-refractivity contribution in [2.75, 3.05) is 18.6 Å². The Hall–Kier alpha value is -1.03. The first-order valence-corrected chi connectivity index (χ1v) is 6.15. The van der Waals surface area contributed by atoms with Crippen molar-refractivity contribution in [3.63, 3.8) is 0 Å². The van der Waals surface area contributed by atoms with E-state index in [-0.39, 0.29) is 10.7 Å². The maximum Gasteiger partial charge on any atom is 0.240 e. The van der Waals surface area contributed by atoms with E-state index in [9.17, 15) is 4.79 Å². The van der Waals surface area contributed by atoms with Gasteiger partial charge in [0.25, 0.3) is 0 Å². The minimum atomic E-state index is -0.0577. The van der Waals surface area contributed by atoms with Crippen LogP contribution in [0.15, 0.2) is 18.2 Å². The summed E-state index contributed by atoms with van der Waals surface area (Å²) in [6.07, 6.45) is 0.843. The van der Waals surface area contributed by atoms with Crippen molar-refractivity contribution >= 4 is 27.5 Å². The number of carbonyl (C=O) groups excluding carboxylic acids is 1. The molecule has 1 saturated heterocycles. The number of alkyl halides is 1. The van der Waals surface area contributed by atoms with Gasteiger partial charge in [0.1, 0.15) is 5.75 Å². The van der Waals surface area contributed by atoms with Gasteiger partial charge in [-0.3, -0.25) is 4.79 Å². The lowest BCUT2D eigenvalue weighted by Crippen LogP contribution is -2.27. The molecule has 16 heavy (non-hydrogen) atoms. The van der Waals surface area contributed by atoms with E-state index in [0.717, 1.165) is 30.0 Å². The highest BCUT2D eigenvalue weighted by molar-refractivity contribution is 9.10. The summed E-state index contributed by atoms with van der Waals surface area (Å²) in [4.78, 5) is 13.6. The lowest BCUT2D eigenvalue weighted by molar-refractivity contribution is -0.116. The zero-order valence-electron chi connectivity index (χ0n) is 9.37. The van der Waals surface area contributed by atoms with E-state index in [4.69, 9.17) is 4.74 Å². The van der Waals surface area contributed by atoms with E-state index >= 15 is 0 Å². The number of amides is 1. The molecule has 0 N–H and O–H groups in total. The number of rotatable bonds is 2. The smallest absolute Gasteiger partial charge is 0.240 e. The number of hydrogen-bond acceptors (Lipinski definition) is 2. The zero-order chi connectivity index (χ0) is 11.7. The quantitative estimate of drug-likeness (QED) is 0.781. The van der Waals surface area contributed by atoms with Crippen LogP contribution in [0.25, 0.3) is 0 Å². The average Bonchev–Trinajstić information content (AvgIpc) is 2.60. The van der Waals surface area contributed by atoms with Gasteiger partial charge >= 0.3 is 0 Å². The molecule has 0 spiro atoms. The van der Waals surface area contributed by atoms with Crippen molar-refractivity contribution in [3.05, 3.63) is 23.8 Å². The van der Waals surface area contributed by atoms with Crippen molar-refractivity contribution in [1.29, 1.82) is 0 Å². The molecule has 0 radical (unpaired) electrons. The molecule has 86 valence electrons. The Morgan fingerprint density at radius 1 is 1.50 bits per heavy atom. The van der Waals surface area contributed by atoms with E-state index in [1.165, 1.54) is 0 Å². The SMILES string of the molecule is COc1ccc(C)cc1N1CCC(Br)C1=O. The summed E-state index contributed by atoms with van der Waals surface area (Å²) in [5.74, 6) is 0.865. The number of halogens is 1. The summed E-state index contributed by atoms with van der Waals surface area (Å²) in [6, 6.07) is 5.87. The van der Waals surface area contributed by atoms with Crippen molar-refractivity contribution in [1.82, 2.24) is 0 Å². The molecule has 1 amide bonds. The molecule has 1 atom stereocenters. The molecule has 2 rings (SSSR count). The molecular formula is C12H14BrNO2. The van der Waals surface area contributed by atoms with Crippen LogP contribution in [0.5, 0.6) is 5.75 Å². The third kappa shape index (κ3) is 1.94. The van der Waals surface area contributed by atoms with Gasteiger partial charge in [0.05, 0.1) is 17.6 Å². The number of benzene rings is 1. The summed E-state index contributed by atoms with van der Waals surface area (Å²) in [6.45, 7) is 2.75. The topological polar surface area (TPSA) is 29.5 Å². The molecule has 4 heteroatoms. The minimum absolute atomic E-state index is 0.0577. The predicted molar refractivity (Wildman–Crippen MR) is 67.4 cm³/mol. The van der Waals surface area contributed by atoms with E-state index in [2.05, 4.69) is 15.9 Å². The maximum absolute atomic E-state index is 11.9. The van der Waals surface area contributed by atoms with Gasteiger partial charge < -0.3 is 9.64 Å². The molecule has 1 aromatic carbocycles. The highest BCUT2D eigenvalue weighted by atomic mass is 79.9. The highest BCUT2D eigenvalue weighted by Gasteiger charge is 2.31. The number of methoxy groups -OCH3 is 1. The first-order valence-electron chi connectivity index (χ1n) is 5.23. The fraction of sp³-hybridized carbons (Fsp3) is 0.417. The third-order valence-corrected chi connectivity index (χ3v) is 3.61. The molecule has 3 nitrogen and oxygen atoms in total. The van der Waals surface area contributed by atoms with Crippen LogP contribution in [0.4, 0.5) is 5.69 Å². The van der Waals surface area contributed by atoms with E-state index < -0.39 is 0 Å². The fourth-order valence-corrected chi connectivity index (χ4v) is 2.35. The van der Waals surface area contributed by atoms with Crippen LogP contribution in [0.1, 0.15) is 12.0 Å². The van der Waals surface area contributed by atoms with Gasteiger partial charge in [-0.2, -0.15) is 0 Å². The van der Waals surface area contributed by atoms with Gasteiger partial charge in [-0.15, -0.1) is 0 Å². The van der Waals surface area contributed by atoms with Crippen LogP contribution in [-0.4, -0.2) is 24.4 Å². The van der Waals surface area contributed by atoms with Crippen molar-refractivity contribution in [3.8, 4) is 5.75 Å². The van der Waals surface area contributed by atoms with E-state index in [0.29, 0.717) is 0 Å². The standard InChI is InChI=1S/C12H14BrNO2/c1-8-3-4-11(16-2)10(7-8)14-6-5-9(13)12(14)15/h3-4,7,9H,5-6H2,1-2H3. The van der Waals surface area contributed by atoms with Crippen LogP contribution in [0.2, 0.25) is 0 Å². The van der Waals surface area contributed by atoms with E-state index in [1.807, 2.05) is 25.1 Å². The number of nitrogens with zero attached hydrogens (tertiary/aromatic N) is 1. The Morgan fingerprint density at radius 3 is 2.81 bits per heavy atom. The molecule has 1 aliphatic rings. The van der Waals surface area contributed by atoms with Crippen molar-refractivity contribution in [2.45, 2.75) is 18.2 Å². The largest absolute Gasteiger partial charge is 0.495 e. The molecule has 1 unspecified atom stereocenters. The second-order valence-electron chi connectivity index (χ2n) is 3.92. The van der Waals surface area contributed by atoms with E-state index in [1.54, 1.807) is 12.0 Å². The minimum Gasteiger partial charge on any atom is -0.495 e. The Balaban J connectivity index is 2.39. The van der Waals surface area contributed by atoms with Gasteiger partial charge in [0.2, 0.25) is 5.91 Å². The molecule has 1 aromatic rings. The fourth-order valence-electron chi connectivity index (χ4n) is 1.90. The van der Waals surface area contributed by atoms with Gasteiger partial charge in [-0.25, -0.2) is 0 Å². The van der Waals surface area contributed by atoms with Crippen LogP contribution in [0, 0.1) is 6.92 Å². The monoisotopic (exact) mass is 283 g/mol. The lowest BCUT2D eigenvalue weighted by atomic mass is 10.2. The van der Waals surface area contributed by atoms with Gasteiger partial charge in [-0.05, 0) is 31.0 Å². The zero-order valence-corrected chi connectivity index (χ0v) is 11.0.